The summed E-state index contributed by atoms with van der Waals surface area (Å²) in [5, 5.41) is 0. The van der Waals surface area contributed by atoms with Gasteiger partial charge in [0.2, 0.25) is 0 Å². The van der Waals surface area contributed by atoms with Crippen molar-refractivity contribution < 1.29 is 4.39 Å². The molecule has 3 aromatic rings. The van der Waals surface area contributed by atoms with Gasteiger partial charge in [-0.25, -0.2) is 4.39 Å². The molecular weight excluding hydrogens is 355 g/mol. The van der Waals surface area contributed by atoms with Crippen LogP contribution in [0.3, 0.4) is 0 Å². The first-order valence-electron chi connectivity index (χ1n) is 7.45. The summed E-state index contributed by atoms with van der Waals surface area (Å²) in [6.45, 7) is 4.19. The van der Waals surface area contributed by atoms with Gasteiger partial charge < -0.3 is 10.3 Å². The molecular formula is C19H18BrFN2. The van der Waals surface area contributed by atoms with Crippen molar-refractivity contribution in [2.24, 2.45) is 0 Å². The van der Waals surface area contributed by atoms with Gasteiger partial charge in [-0.2, -0.15) is 0 Å². The van der Waals surface area contributed by atoms with E-state index >= 15 is 0 Å². The Morgan fingerprint density at radius 1 is 1.04 bits per heavy atom. The highest BCUT2D eigenvalue weighted by molar-refractivity contribution is 9.10. The lowest BCUT2D eigenvalue weighted by atomic mass is 10.1. The number of hydrogen-bond acceptors (Lipinski definition) is 1. The van der Waals surface area contributed by atoms with Gasteiger partial charge in [-0.1, -0.05) is 28.1 Å². The van der Waals surface area contributed by atoms with Crippen molar-refractivity contribution in [1.82, 2.24) is 4.57 Å². The van der Waals surface area contributed by atoms with Crippen LogP contribution in [0.5, 0.6) is 0 Å². The van der Waals surface area contributed by atoms with Crippen LogP contribution in [0.15, 0.2) is 59.2 Å². The third kappa shape index (κ3) is 3.17. The Kier molecular flexibility index (Phi) is 4.26. The lowest BCUT2D eigenvalue weighted by Gasteiger charge is -2.18. The van der Waals surface area contributed by atoms with Crippen molar-refractivity contribution in [2.75, 3.05) is 5.73 Å². The van der Waals surface area contributed by atoms with Gasteiger partial charge in [-0.05, 0) is 66.9 Å². The number of nitrogens with zero attached hydrogens (tertiary/aromatic N) is 1. The van der Waals surface area contributed by atoms with Crippen LogP contribution in [-0.2, 0) is 0 Å². The zero-order valence-corrected chi connectivity index (χ0v) is 14.6. The Morgan fingerprint density at radius 2 is 1.74 bits per heavy atom. The monoisotopic (exact) mass is 372 g/mol. The van der Waals surface area contributed by atoms with E-state index in [0.29, 0.717) is 0 Å². The van der Waals surface area contributed by atoms with Gasteiger partial charge in [-0.15, -0.1) is 0 Å². The number of benzene rings is 2. The Labute approximate surface area is 143 Å². The average Bonchev–Trinajstić information content (AvgIpc) is 2.91. The van der Waals surface area contributed by atoms with E-state index in [1.165, 1.54) is 12.1 Å². The predicted molar refractivity (Wildman–Crippen MR) is 96.9 cm³/mol. The summed E-state index contributed by atoms with van der Waals surface area (Å²) in [6.07, 6.45) is 2.09. The first-order chi connectivity index (χ1) is 11.0. The molecule has 2 nitrogen and oxygen atoms in total. The van der Waals surface area contributed by atoms with Crippen LogP contribution in [-0.4, -0.2) is 4.57 Å². The second kappa shape index (κ2) is 6.20. The maximum absolute atomic E-state index is 13.1. The molecule has 1 aromatic heterocycles. The number of hydrogen-bond donors (Lipinski definition) is 1. The van der Waals surface area contributed by atoms with Crippen molar-refractivity contribution in [1.29, 1.82) is 0 Å². The average molecular weight is 373 g/mol. The van der Waals surface area contributed by atoms with E-state index in [4.69, 9.17) is 5.73 Å². The first-order valence-corrected chi connectivity index (χ1v) is 8.24. The minimum absolute atomic E-state index is 0.113. The summed E-state index contributed by atoms with van der Waals surface area (Å²) < 4.78 is 16.3. The Bertz CT molecular complexity index is 837. The number of nitrogen functional groups attached to an aromatic ring is 1. The van der Waals surface area contributed by atoms with Crippen molar-refractivity contribution >= 4 is 21.6 Å². The molecule has 1 atom stereocenters. The van der Waals surface area contributed by atoms with Gasteiger partial charge >= 0.3 is 0 Å². The highest BCUT2D eigenvalue weighted by Crippen LogP contribution is 2.31. The lowest BCUT2D eigenvalue weighted by Crippen LogP contribution is -2.09. The van der Waals surface area contributed by atoms with Crippen LogP contribution in [0.2, 0.25) is 0 Å². The number of halogens is 2. The van der Waals surface area contributed by atoms with Crippen molar-refractivity contribution in [3.63, 3.8) is 0 Å². The Hall–Kier alpha value is -2.07. The first kappa shape index (κ1) is 15.8. The van der Waals surface area contributed by atoms with Gasteiger partial charge in [0.05, 0.1) is 6.04 Å². The van der Waals surface area contributed by atoms with Crippen molar-refractivity contribution in [3.8, 4) is 11.1 Å². The highest BCUT2D eigenvalue weighted by atomic mass is 79.9. The third-order valence-electron chi connectivity index (χ3n) is 4.14. The van der Waals surface area contributed by atoms with E-state index in [0.717, 1.165) is 32.5 Å². The van der Waals surface area contributed by atoms with E-state index in [1.54, 1.807) is 12.1 Å². The van der Waals surface area contributed by atoms with E-state index < -0.39 is 0 Å². The van der Waals surface area contributed by atoms with Gasteiger partial charge in [0, 0.05) is 22.1 Å². The van der Waals surface area contributed by atoms with Crippen LogP contribution in [0.1, 0.15) is 24.2 Å². The summed E-state index contributed by atoms with van der Waals surface area (Å²) in [5.41, 5.74) is 11.2. The molecule has 3 rings (SSSR count). The van der Waals surface area contributed by atoms with E-state index in [-0.39, 0.29) is 11.9 Å². The second-order valence-electron chi connectivity index (χ2n) is 5.73. The zero-order valence-electron chi connectivity index (χ0n) is 13.1. The molecule has 0 radical (unpaired) electrons. The molecule has 0 aliphatic heterocycles. The topological polar surface area (TPSA) is 30.9 Å². The number of aryl methyl sites for hydroxylation is 1. The second-order valence-corrected chi connectivity index (χ2v) is 6.65. The van der Waals surface area contributed by atoms with Gasteiger partial charge in [0.25, 0.3) is 0 Å². The molecule has 2 N–H and O–H groups in total. The van der Waals surface area contributed by atoms with Crippen LogP contribution in [0, 0.1) is 12.7 Å². The molecule has 0 fully saturated rings. The molecule has 118 valence electrons. The Balaban J connectivity index is 2.00. The highest BCUT2D eigenvalue weighted by Gasteiger charge is 2.15. The fourth-order valence-corrected chi connectivity index (χ4v) is 3.24. The molecule has 0 spiro atoms. The molecule has 0 saturated heterocycles. The van der Waals surface area contributed by atoms with Gasteiger partial charge in [0.15, 0.2) is 0 Å². The fraction of sp³-hybridized carbons (Fsp3) is 0.158. The molecule has 0 amide bonds. The third-order valence-corrected chi connectivity index (χ3v) is 4.64. The molecule has 1 heterocycles. The van der Waals surface area contributed by atoms with Crippen LogP contribution < -0.4 is 5.73 Å². The molecule has 0 bridgehead atoms. The van der Waals surface area contributed by atoms with Gasteiger partial charge in [-0.3, -0.25) is 0 Å². The predicted octanol–water partition coefficient (Wildman–Crippen LogP) is 5.56. The van der Waals surface area contributed by atoms with Crippen molar-refractivity contribution in [3.05, 3.63) is 76.3 Å². The van der Waals surface area contributed by atoms with Crippen molar-refractivity contribution in [2.45, 2.75) is 19.9 Å². The van der Waals surface area contributed by atoms with Crippen LogP contribution >= 0.6 is 15.9 Å². The van der Waals surface area contributed by atoms with E-state index in [9.17, 15) is 4.39 Å². The maximum Gasteiger partial charge on any atom is 0.123 e. The largest absolute Gasteiger partial charge is 0.398 e. The molecule has 0 aliphatic carbocycles. The van der Waals surface area contributed by atoms with Crippen LogP contribution in [0.25, 0.3) is 11.1 Å². The van der Waals surface area contributed by atoms with Gasteiger partial charge in [0.1, 0.15) is 5.82 Å². The summed E-state index contributed by atoms with van der Waals surface area (Å²) in [6, 6.07) is 14.7. The lowest BCUT2D eigenvalue weighted by molar-refractivity contribution is 0.627. The summed E-state index contributed by atoms with van der Waals surface area (Å²) in [7, 11) is 0. The summed E-state index contributed by atoms with van der Waals surface area (Å²) in [5.74, 6) is -0.222. The Morgan fingerprint density at radius 3 is 2.43 bits per heavy atom. The normalized spacial score (nSPS) is 12.3. The molecule has 2 aromatic carbocycles. The minimum Gasteiger partial charge on any atom is -0.398 e. The summed E-state index contributed by atoms with van der Waals surface area (Å²) >= 11 is 3.50. The minimum atomic E-state index is -0.222. The van der Waals surface area contributed by atoms with Crippen LogP contribution in [0.4, 0.5) is 10.1 Å². The van der Waals surface area contributed by atoms with E-state index in [1.807, 2.05) is 12.1 Å². The van der Waals surface area contributed by atoms with E-state index in [2.05, 4.69) is 52.7 Å². The summed E-state index contributed by atoms with van der Waals surface area (Å²) in [4.78, 5) is 0. The number of anilines is 1. The number of nitrogens with two attached hydrogens (primary N) is 1. The zero-order chi connectivity index (χ0) is 16.6. The molecule has 4 heteroatoms. The quantitative estimate of drug-likeness (QED) is 0.599. The SMILES string of the molecule is Cc1cc(-c2ccc(F)cc2)cn1C(C)c1cc(Br)ccc1N. The molecule has 23 heavy (non-hydrogen) atoms. The molecule has 0 aliphatic rings. The molecule has 1 unspecified atom stereocenters. The number of rotatable bonds is 3. The smallest absolute Gasteiger partial charge is 0.123 e. The fourth-order valence-electron chi connectivity index (χ4n) is 2.86. The number of aromatic nitrogens is 1. The molecule has 0 saturated carbocycles. The standard InChI is InChI=1S/C19H18BrFN2/c1-12-9-15(14-3-6-17(21)7-4-14)11-23(12)13(2)18-10-16(20)5-8-19(18)22/h3-11,13H,22H2,1-2H3. The maximum atomic E-state index is 13.1.